The molecule has 1 N–H and O–H groups in total. The lowest BCUT2D eigenvalue weighted by atomic mass is 10.0. The van der Waals surface area contributed by atoms with Gasteiger partial charge in [-0.15, -0.1) is 0 Å². The molecule has 4 aromatic rings. The van der Waals surface area contributed by atoms with Crippen molar-refractivity contribution in [1.29, 1.82) is 0 Å². The first-order valence-corrected chi connectivity index (χ1v) is 9.95. The summed E-state index contributed by atoms with van der Waals surface area (Å²) in [6.45, 7) is 4.29. The number of pyridine rings is 1. The topological polar surface area (TPSA) is 35.2 Å². The van der Waals surface area contributed by atoms with E-state index in [9.17, 15) is 4.39 Å². The lowest BCUT2D eigenvalue weighted by Gasteiger charge is -2.34. The van der Waals surface area contributed by atoms with Crippen LogP contribution in [0.5, 0.6) is 0 Å². The van der Waals surface area contributed by atoms with Crippen molar-refractivity contribution in [3.8, 4) is 22.3 Å². The number of nitrogens with one attached hydrogen (secondary N) is 1. The van der Waals surface area contributed by atoms with Crippen LogP contribution in [0.15, 0.2) is 67.0 Å². The van der Waals surface area contributed by atoms with Crippen molar-refractivity contribution in [2.24, 2.45) is 0 Å². The second-order valence-corrected chi connectivity index (χ2v) is 7.64. The van der Waals surface area contributed by atoms with E-state index in [0.29, 0.717) is 5.56 Å². The SMILES string of the molecule is CN1CCN(c2ccc(-c3cnc4[nH]cc(-c5ccccc5F)c4c3)cc2)CC1. The Morgan fingerprint density at radius 3 is 2.41 bits per heavy atom. The summed E-state index contributed by atoms with van der Waals surface area (Å²) in [7, 11) is 2.17. The van der Waals surface area contributed by atoms with Crippen molar-refractivity contribution in [1.82, 2.24) is 14.9 Å². The molecular formula is C24H23FN4. The van der Waals surface area contributed by atoms with Gasteiger partial charge in [0.2, 0.25) is 0 Å². The molecule has 0 saturated carbocycles. The monoisotopic (exact) mass is 386 g/mol. The lowest BCUT2D eigenvalue weighted by molar-refractivity contribution is 0.313. The number of H-pyrrole nitrogens is 1. The molecule has 5 heteroatoms. The van der Waals surface area contributed by atoms with Crippen molar-refractivity contribution >= 4 is 16.7 Å². The summed E-state index contributed by atoms with van der Waals surface area (Å²) in [5.41, 5.74) is 5.58. The molecule has 146 valence electrons. The summed E-state index contributed by atoms with van der Waals surface area (Å²) < 4.78 is 14.3. The van der Waals surface area contributed by atoms with Gasteiger partial charge in [-0.25, -0.2) is 9.37 Å². The summed E-state index contributed by atoms with van der Waals surface area (Å²) in [5, 5.41) is 0.927. The molecule has 1 saturated heterocycles. The Kier molecular flexibility index (Phi) is 4.52. The number of anilines is 1. The quantitative estimate of drug-likeness (QED) is 0.550. The van der Waals surface area contributed by atoms with E-state index >= 15 is 0 Å². The Bertz CT molecular complexity index is 1140. The van der Waals surface area contributed by atoms with Gasteiger partial charge in [0.05, 0.1) is 0 Å². The fourth-order valence-corrected chi connectivity index (χ4v) is 3.99. The third-order valence-electron chi connectivity index (χ3n) is 5.76. The first-order chi connectivity index (χ1) is 14.2. The fraction of sp³-hybridized carbons (Fsp3) is 0.208. The standard InChI is InChI=1S/C24H23FN4/c1-28-10-12-29(13-11-28)19-8-6-17(7-9-19)18-14-21-22(16-27-24(21)26-15-18)20-4-2-3-5-23(20)25/h2-9,14-16H,10-13H2,1H3,(H,26,27). The van der Waals surface area contributed by atoms with Gasteiger partial charge in [-0.3, -0.25) is 0 Å². The minimum Gasteiger partial charge on any atom is -0.369 e. The number of hydrogen-bond donors (Lipinski definition) is 1. The van der Waals surface area contributed by atoms with E-state index in [0.717, 1.165) is 53.9 Å². The Morgan fingerprint density at radius 2 is 1.66 bits per heavy atom. The number of likely N-dealkylation sites (N-methyl/N-ethyl adjacent to an activating group) is 1. The zero-order chi connectivity index (χ0) is 19.8. The first-order valence-electron chi connectivity index (χ1n) is 9.95. The third-order valence-corrected chi connectivity index (χ3v) is 5.76. The Labute approximate surface area is 169 Å². The van der Waals surface area contributed by atoms with Crippen molar-refractivity contribution in [3.05, 3.63) is 72.8 Å². The Balaban J connectivity index is 1.48. The maximum atomic E-state index is 14.3. The zero-order valence-electron chi connectivity index (χ0n) is 16.4. The first kappa shape index (κ1) is 17.9. The fourth-order valence-electron chi connectivity index (χ4n) is 3.99. The minimum atomic E-state index is -0.227. The van der Waals surface area contributed by atoms with Gasteiger partial charge < -0.3 is 14.8 Å². The number of aromatic nitrogens is 2. The van der Waals surface area contributed by atoms with Crippen LogP contribution in [0.3, 0.4) is 0 Å². The van der Waals surface area contributed by atoms with E-state index in [4.69, 9.17) is 0 Å². The minimum absolute atomic E-state index is 0.227. The second-order valence-electron chi connectivity index (χ2n) is 7.64. The van der Waals surface area contributed by atoms with Crippen molar-refractivity contribution < 1.29 is 4.39 Å². The maximum absolute atomic E-state index is 14.3. The van der Waals surface area contributed by atoms with E-state index < -0.39 is 0 Å². The summed E-state index contributed by atoms with van der Waals surface area (Å²) in [5.74, 6) is -0.227. The molecule has 29 heavy (non-hydrogen) atoms. The van der Waals surface area contributed by atoms with Crippen LogP contribution in [-0.4, -0.2) is 48.1 Å². The van der Waals surface area contributed by atoms with Gasteiger partial charge in [-0.05, 0) is 36.9 Å². The molecule has 1 aliphatic heterocycles. The van der Waals surface area contributed by atoms with Crippen molar-refractivity contribution in [2.75, 3.05) is 38.1 Å². The summed E-state index contributed by atoms with van der Waals surface area (Å²) in [6, 6.07) is 17.6. The van der Waals surface area contributed by atoms with E-state index in [1.54, 1.807) is 12.1 Å². The summed E-state index contributed by atoms with van der Waals surface area (Å²) in [4.78, 5) is 12.5. The average molecular weight is 386 g/mol. The van der Waals surface area contributed by atoms with Crippen LogP contribution in [0.2, 0.25) is 0 Å². The van der Waals surface area contributed by atoms with Crippen LogP contribution in [0.1, 0.15) is 0 Å². The smallest absolute Gasteiger partial charge is 0.137 e. The number of nitrogens with zero attached hydrogens (tertiary/aromatic N) is 3. The highest BCUT2D eigenvalue weighted by molar-refractivity contribution is 5.96. The predicted octanol–water partition coefficient (Wildman–Crippen LogP) is 4.79. The molecule has 2 aromatic heterocycles. The molecule has 0 aliphatic carbocycles. The molecule has 1 aliphatic rings. The van der Waals surface area contributed by atoms with Crippen LogP contribution < -0.4 is 4.90 Å². The number of halogens is 1. The molecule has 0 amide bonds. The molecule has 4 nitrogen and oxygen atoms in total. The molecule has 5 rings (SSSR count). The summed E-state index contributed by atoms with van der Waals surface area (Å²) in [6.07, 6.45) is 3.70. The predicted molar refractivity (Wildman–Crippen MR) is 117 cm³/mol. The molecule has 0 bridgehead atoms. The Morgan fingerprint density at radius 1 is 0.897 bits per heavy atom. The van der Waals surface area contributed by atoms with Gasteiger partial charge >= 0.3 is 0 Å². The van der Waals surface area contributed by atoms with E-state index in [2.05, 4.69) is 57.1 Å². The van der Waals surface area contributed by atoms with Crippen molar-refractivity contribution in [3.63, 3.8) is 0 Å². The number of fused-ring (bicyclic) bond motifs is 1. The molecule has 0 unspecified atom stereocenters. The third kappa shape index (κ3) is 3.38. The second kappa shape index (κ2) is 7.33. The van der Waals surface area contributed by atoms with E-state index in [1.807, 2.05) is 18.5 Å². The number of piperazine rings is 1. The average Bonchev–Trinajstić information content (AvgIpc) is 3.18. The largest absolute Gasteiger partial charge is 0.369 e. The highest BCUT2D eigenvalue weighted by Gasteiger charge is 2.15. The Hall–Kier alpha value is -3.18. The van der Waals surface area contributed by atoms with Gasteiger partial charge in [0.15, 0.2) is 0 Å². The van der Waals surface area contributed by atoms with Gasteiger partial charge in [0, 0.05) is 66.3 Å². The molecular weight excluding hydrogens is 363 g/mol. The lowest BCUT2D eigenvalue weighted by Crippen LogP contribution is -2.44. The van der Waals surface area contributed by atoms with E-state index in [1.165, 1.54) is 11.8 Å². The number of rotatable bonds is 3. The molecule has 0 atom stereocenters. The van der Waals surface area contributed by atoms with Crippen LogP contribution in [0, 0.1) is 5.82 Å². The highest BCUT2D eigenvalue weighted by Crippen LogP contribution is 2.32. The summed E-state index contributed by atoms with van der Waals surface area (Å²) >= 11 is 0. The van der Waals surface area contributed by atoms with Crippen LogP contribution in [0.4, 0.5) is 10.1 Å². The number of hydrogen-bond acceptors (Lipinski definition) is 3. The zero-order valence-corrected chi connectivity index (χ0v) is 16.4. The maximum Gasteiger partial charge on any atom is 0.137 e. The molecule has 3 heterocycles. The molecule has 2 aromatic carbocycles. The van der Waals surface area contributed by atoms with E-state index in [-0.39, 0.29) is 5.82 Å². The highest BCUT2D eigenvalue weighted by atomic mass is 19.1. The van der Waals surface area contributed by atoms with Crippen LogP contribution >= 0.6 is 0 Å². The van der Waals surface area contributed by atoms with Gasteiger partial charge in [-0.2, -0.15) is 0 Å². The van der Waals surface area contributed by atoms with Gasteiger partial charge in [-0.1, -0.05) is 30.3 Å². The molecule has 0 radical (unpaired) electrons. The normalized spacial score (nSPS) is 15.2. The van der Waals surface area contributed by atoms with Crippen molar-refractivity contribution in [2.45, 2.75) is 0 Å². The van der Waals surface area contributed by atoms with Crippen LogP contribution in [-0.2, 0) is 0 Å². The number of benzene rings is 2. The van der Waals surface area contributed by atoms with Gasteiger partial charge in [0.25, 0.3) is 0 Å². The molecule has 0 spiro atoms. The number of aromatic amines is 1. The van der Waals surface area contributed by atoms with Gasteiger partial charge in [0.1, 0.15) is 11.5 Å². The van der Waals surface area contributed by atoms with Crippen LogP contribution in [0.25, 0.3) is 33.3 Å². The molecule has 1 fully saturated rings.